The lowest BCUT2D eigenvalue weighted by Gasteiger charge is -2.07. The average molecular weight is 161 g/mol. The van der Waals surface area contributed by atoms with E-state index in [0.29, 0.717) is 0 Å². The van der Waals surface area contributed by atoms with Crippen LogP contribution >= 0.6 is 0 Å². The number of hydrogen-bond acceptors (Lipinski definition) is 2. The lowest BCUT2D eigenvalue weighted by molar-refractivity contribution is 0.276. The van der Waals surface area contributed by atoms with Crippen molar-refractivity contribution in [1.29, 1.82) is 5.26 Å². The number of aryl methyl sites for hydroxylation is 1. The fourth-order valence-electron chi connectivity index (χ4n) is 0.919. The van der Waals surface area contributed by atoms with Gasteiger partial charge < -0.3 is 4.74 Å². The lowest BCUT2D eigenvalue weighted by atomic mass is 10.2. The molecule has 0 aliphatic heterocycles. The Labute approximate surface area is 72.4 Å². The molecule has 0 spiro atoms. The Bertz CT molecular complexity index is 301. The lowest BCUT2D eigenvalue weighted by Crippen LogP contribution is -2.07. The van der Waals surface area contributed by atoms with E-state index in [4.69, 9.17) is 10.00 Å². The van der Waals surface area contributed by atoms with E-state index in [2.05, 4.69) is 0 Å². The van der Waals surface area contributed by atoms with Crippen molar-refractivity contribution < 1.29 is 4.74 Å². The van der Waals surface area contributed by atoms with Crippen LogP contribution in [0.1, 0.15) is 12.5 Å². The first kappa shape index (κ1) is 8.61. The van der Waals surface area contributed by atoms with Gasteiger partial charge in [-0.3, -0.25) is 0 Å². The summed E-state index contributed by atoms with van der Waals surface area (Å²) in [6, 6.07) is 9.67. The molecule has 1 rings (SSSR count). The van der Waals surface area contributed by atoms with Gasteiger partial charge in [0, 0.05) is 0 Å². The Kier molecular flexibility index (Phi) is 2.71. The Morgan fingerprint density at radius 3 is 2.83 bits per heavy atom. The molecule has 0 aromatic heterocycles. The molecule has 2 heteroatoms. The van der Waals surface area contributed by atoms with Gasteiger partial charge in [0.15, 0.2) is 6.10 Å². The number of nitrogens with zero attached hydrogens (tertiary/aromatic N) is 1. The number of rotatable bonds is 2. The summed E-state index contributed by atoms with van der Waals surface area (Å²) >= 11 is 0. The van der Waals surface area contributed by atoms with Crippen molar-refractivity contribution in [1.82, 2.24) is 0 Å². The third-order valence-corrected chi connectivity index (χ3v) is 1.48. The first-order chi connectivity index (χ1) is 5.72. The normalized spacial score (nSPS) is 11.8. The highest BCUT2D eigenvalue weighted by atomic mass is 16.5. The zero-order valence-corrected chi connectivity index (χ0v) is 7.24. The third kappa shape index (κ3) is 2.28. The highest BCUT2D eigenvalue weighted by Crippen LogP contribution is 2.13. The molecule has 1 aromatic carbocycles. The van der Waals surface area contributed by atoms with Crippen molar-refractivity contribution in [3.63, 3.8) is 0 Å². The predicted molar refractivity (Wildman–Crippen MR) is 46.9 cm³/mol. The van der Waals surface area contributed by atoms with Crippen molar-refractivity contribution in [2.45, 2.75) is 20.0 Å². The molecular formula is C10H11NO. The average Bonchev–Trinajstić information content (AvgIpc) is 2.04. The second-order valence-electron chi connectivity index (χ2n) is 2.71. The molecule has 1 unspecified atom stereocenters. The van der Waals surface area contributed by atoms with Gasteiger partial charge in [0.1, 0.15) is 11.8 Å². The number of benzene rings is 1. The number of ether oxygens (including phenoxy) is 1. The van der Waals surface area contributed by atoms with E-state index in [0.717, 1.165) is 11.3 Å². The van der Waals surface area contributed by atoms with Crippen molar-refractivity contribution in [3.05, 3.63) is 29.8 Å². The zero-order chi connectivity index (χ0) is 8.97. The van der Waals surface area contributed by atoms with E-state index in [-0.39, 0.29) is 6.10 Å². The molecule has 0 amide bonds. The van der Waals surface area contributed by atoms with E-state index < -0.39 is 0 Å². The summed E-state index contributed by atoms with van der Waals surface area (Å²) in [7, 11) is 0. The SMILES string of the molecule is Cc1cccc(OC(C)C#N)c1. The van der Waals surface area contributed by atoms with Crippen molar-refractivity contribution in [2.24, 2.45) is 0 Å². The molecule has 1 atom stereocenters. The maximum atomic E-state index is 8.49. The maximum Gasteiger partial charge on any atom is 0.181 e. The minimum Gasteiger partial charge on any atom is -0.476 e. The summed E-state index contributed by atoms with van der Waals surface area (Å²) in [5.74, 6) is 0.754. The molecule has 12 heavy (non-hydrogen) atoms. The highest BCUT2D eigenvalue weighted by Gasteiger charge is 1.99. The minimum atomic E-state index is -0.383. The fourth-order valence-corrected chi connectivity index (χ4v) is 0.919. The van der Waals surface area contributed by atoms with Crippen molar-refractivity contribution >= 4 is 0 Å². The Morgan fingerprint density at radius 2 is 2.25 bits per heavy atom. The van der Waals surface area contributed by atoms with Crippen LogP contribution in [0, 0.1) is 18.3 Å². The van der Waals surface area contributed by atoms with Gasteiger partial charge in [-0.15, -0.1) is 0 Å². The first-order valence-corrected chi connectivity index (χ1v) is 3.85. The van der Waals surface area contributed by atoms with E-state index in [1.165, 1.54) is 0 Å². The van der Waals surface area contributed by atoms with Crippen LogP contribution in [-0.2, 0) is 0 Å². The first-order valence-electron chi connectivity index (χ1n) is 3.85. The summed E-state index contributed by atoms with van der Waals surface area (Å²) < 4.78 is 5.28. The molecule has 0 saturated heterocycles. The van der Waals surface area contributed by atoms with Gasteiger partial charge in [-0.05, 0) is 31.5 Å². The van der Waals surface area contributed by atoms with E-state index in [9.17, 15) is 0 Å². The molecule has 0 bridgehead atoms. The maximum absolute atomic E-state index is 8.49. The minimum absolute atomic E-state index is 0.383. The van der Waals surface area contributed by atoms with Gasteiger partial charge in [-0.25, -0.2) is 0 Å². The molecule has 2 nitrogen and oxygen atoms in total. The second kappa shape index (κ2) is 3.77. The van der Waals surface area contributed by atoms with E-state index in [1.54, 1.807) is 6.92 Å². The topological polar surface area (TPSA) is 33.0 Å². The van der Waals surface area contributed by atoms with Crippen LogP contribution < -0.4 is 4.74 Å². The van der Waals surface area contributed by atoms with Gasteiger partial charge in [0.05, 0.1) is 0 Å². The quantitative estimate of drug-likeness (QED) is 0.666. The number of hydrogen-bond donors (Lipinski definition) is 0. The Morgan fingerprint density at radius 1 is 1.50 bits per heavy atom. The molecule has 0 heterocycles. The Balaban J connectivity index is 2.71. The smallest absolute Gasteiger partial charge is 0.181 e. The second-order valence-corrected chi connectivity index (χ2v) is 2.71. The van der Waals surface area contributed by atoms with Crippen LogP contribution in [0.4, 0.5) is 0 Å². The van der Waals surface area contributed by atoms with Crippen LogP contribution in [0.3, 0.4) is 0 Å². The molecule has 0 radical (unpaired) electrons. The zero-order valence-electron chi connectivity index (χ0n) is 7.24. The fraction of sp³-hybridized carbons (Fsp3) is 0.300. The molecule has 0 saturated carbocycles. The molecule has 0 aliphatic carbocycles. The molecular weight excluding hydrogens is 150 g/mol. The number of nitriles is 1. The van der Waals surface area contributed by atoms with Crippen LogP contribution in [0.5, 0.6) is 5.75 Å². The third-order valence-electron chi connectivity index (χ3n) is 1.48. The molecule has 0 N–H and O–H groups in total. The summed E-state index contributed by atoms with van der Waals surface area (Å²) in [5, 5.41) is 8.49. The van der Waals surface area contributed by atoms with Gasteiger partial charge in [-0.2, -0.15) is 5.26 Å². The summed E-state index contributed by atoms with van der Waals surface area (Å²) in [6.45, 7) is 3.71. The van der Waals surface area contributed by atoms with Crippen LogP contribution in [-0.4, -0.2) is 6.10 Å². The predicted octanol–water partition coefficient (Wildman–Crippen LogP) is 2.29. The van der Waals surface area contributed by atoms with Gasteiger partial charge in [-0.1, -0.05) is 12.1 Å². The molecule has 0 aliphatic rings. The summed E-state index contributed by atoms with van der Waals surface area (Å²) in [6.07, 6.45) is -0.383. The van der Waals surface area contributed by atoms with E-state index in [1.807, 2.05) is 37.3 Å². The summed E-state index contributed by atoms with van der Waals surface area (Å²) in [5.41, 5.74) is 1.14. The van der Waals surface area contributed by atoms with Gasteiger partial charge in [0.25, 0.3) is 0 Å². The monoisotopic (exact) mass is 161 g/mol. The summed E-state index contributed by atoms with van der Waals surface area (Å²) in [4.78, 5) is 0. The largest absolute Gasteiger partial charge is 0.476 e. The van der Waals surface area contributed by atoms with Gasteiger partial charge in [0.2, 0.25) is 0 Å². The van der Waals surface area contributed by atoms with Gasteiger partial charge >= 0.3 is 0 Å². The van der Waals surface area contributed by atoms with E-state index >= 15 is 0 Å². The van der Waals surface area contributed by atoms with Crippen molar-refractivity contribution in [3.8, 4) is 11.8 Å². The van der Waals surface area contributed by atoms with Crippen LogP contribution in [0.2, 0.25) is 0 Å². The van der Waals surface area contributed by atoms with Crippen molar-refractivity contribution in [2.75, 3.05) is 0 Å². The van der Waals surface area contributed by atoms with Crippen LogP contribution in [0.15, 0.2) is 24.3 Å². The van der Waals surface area contributed by atoms with Crippen LogP contribution in [0.25, 0.3) is 0 Å². The Hall–Kier alpha value is -1.49. The molecule has 1 aromatic rings. The standard InChI is InChI=1S/C10H11NO/c1-8-4-3-5-10(6-8)12-9(2)7-11/h3-6,9H,1-2H3. The molecule has 62 valence electrons. The molecule has 0 fully saturated rings. The highest BCUT2D eigenvalue weighted by molar-refractivity contribution is 5.27.